The van der Waals surface area contributed by atoms with Crippen LogP contribution in [0.1, 0.15) is 42.3 Å². The highest BCUT2D eigenvalue weighted by molar-refractivity contribution is 5.98. The van der Waals surface area contributed by atoms with E-state index in [0.29, 0.717) is 24.3 Å². The van der Waals surface area contributed by atoms with E-state index in [-0.39, 0.29) is 5.91 Å². The molecule has 1 aromatic heterocycles. The van der Waals surface area contributed by atoms with E-state index < -0.39 is 17.6 Å². The molecule has 164 valence electrons. The lowest BCUT2D eigenvalue weighted by molar-refractivity contribution is -0.157. The van der Waals surface area contributed by atoms with Crippen molar-refractivity contribution in [1.82, 2.24) is 10.3 Å². The van der Waals surface area contributed by atoms with Gasteiger partial charge < -0.3 is 14.8 Å². The minimum Gasteiger partial charge on any atom is -0.488 e. The van der Waals surface area contributed by atoms with Crippen LogP contribution in [0.3, 0.4) is 0 Å². The molecule has 3 aromatic rings. The molecule has 1 atom stereocenters. The molecule has 6 nitrogen and oxygen atoms in total. The van der Waals surface area contributed by atoms with Gasteiger partial charge in [0, 0.05) is 35.5 Å². The lowest BCUT2D eigenvalue weighted by Crippen LogP contribution is -2.45. The number of benzene rings is 2. The normalized spacial score (nSPS) is 13.2. The van der Waals surface area contributed by atoms with Gasteiger partial charge in [-0.15, -0.1) is 0 Å². The average Bonchev–Trinajstić information content (AvgIpc) is 2.77. The van der Waals surface area contributed by atoms with Crippen LogP contribution in [0, 0.1) is 0 Å². The fourth-order valence-corrected chi connectivity index (χ4v) is 3.62. The maximum atomic E-state index is 13.1. The summed E-state index contributed by atoms with van der Waals surface area (Å²) in [5, 5.41) is 2.85. The van der Waals surface area contributed by atoms with Crippen LogP contribution in [0.4, 0.5) is 0 Å². The van der Waals surface area contributed by atoms with Crippen LogP contribution in [0.15, 0.2) is 67.0 Å². The molecule has 1 aliphatic heterocycles. The van der Waals surface area contributed by atoms with Crippen LogP contribution >= 0.6 is 0 Å². The van der Waals surface area contributed by atoms with Crippen LogP contribution in [0.5, 0.6) is 5.75 Å². The number of pyridine rings is 1. The molecular formula is C26H26N2O4. The molecule has 0 radical (unpaired) electrons. The number of hydrogen-bond donors (Lipinski definition) is 1. The third-order valence-electron chi connectivity index (χ3n) is 5.10. The highest BCUT2D eigenvalue weighted by Gasteiger charge is 2.28. The topological polar surface area (TPSA) is 77.5 Å². The van der Waals surface area contributed by atoms with E-state index in [2.05, 4.69) is 10.3 Å². The fourth-order valence-electron chi connectivity index (χ4n) is 3.62. The van der Waals surface area contributed by atoms with Gasteiger partial charge in [0.2, 0.25) is 0 Å². The van der Waals surface area contributed by atoms with Crippen molar-refractivity contribution in [3.63, 3.8) is 0 Å². The summed E-state index contributed by atoms with van der Waals surface area (Å²) in [5.74, 6) is -0.192. The number of amides is 1. The van der Waals surface area contributed by atoms with Gasteiger partial charge in [0.1, 0.15) is 24.0 Å². The quantitative estimate of drug-likeness (QED) is 0.610. The Hall–Kier alpha value is -3.67. The molecule has 2 aromatic carbocycles. The first kappa shape index (κ1) is 21.6. The Morgan fingerprint density at radius 3 is 2.62 bits per heavy atom. The third kappa shape index (κ3) is 4.97. The molecule has 1 N–H and O–H groups in total. The maximum absolute atomic E-state index is 13.1. The Bertz CT molecular complexity index is 1140. The second-order valence-corrected chi connectivity index (χ2v) is 8.78. The summed E-state index contributed by atoms with van der Waals surface area (Å²) >= 11 is 0. The molecular weight excluding hydrogens is 404 g/mol. The van der Waals surface area contributed by atoms with Gasteiger partial charge in [-0.05, 0) is 56.2 Å². The van der Waals surface area contributed by atoms with Crippen molar-refractivity contribution in [2.75, 3.05) is 0 Å². The Morgan fingerprint density at radius 2 is 1.88 bits per heavy atom. The van der Waals surface area contributed by atoms with Crippen molar-refractivity contribution in [2.24, 2.45) is 0 Å². The largest absolute Gasteiger partial charge is 0.488 e. The zero-order chi connectivity index (χ0) is 22.7. The highest BCUT2D eigenvalue weighted by atomic mass is 16.6. The van der Waals surface area contributed by atoms with Crippen LogP contribution in [-0.2, 0) is 22.6 Å². The number of nitrogens with zero attached hydrogens (tertiary/aromatic N) is 1. The predicted octanol–water partition coefficient (Wildman–Crippen LogP) is 4.32. The molecule has 32 heavy (non-hydrogen) atoms. The number of aromatic nitrogens is 1. The molecule has 1 amide bonds. The number of fused-ring (bicyclic) bond motifs is 3. The summed E-state index contributed by atoms with van der Waals surface area (Å²) in [6.07, 6.45) is 3.86. The van der Waals surface area contributed by atoms with Crippen LogP contribution in [0.2, 0.25) is 0 Å². The van der Waals surface area contributed by atoms with E-state index >= 15 is 0 Å². The number of rotatable bonds is 5. The summed E-state index contributed by atoms with van der Waals surface area (Å²) < 4.78 is 11.4. The van der Waals surface area contributed by atoms with E-state index in [1.165, 1.54) is 0 Å². The van der Waals surface area contributed by atoms with Crippen LogP contribution < -0.4 is 10.1 Å². The Kier molecular flexibility index (Phi) is 5.95. The van der Waals surface area contributed by atoms with E-state index in [9.17, 15) is 9.59 Å². The molecule has 0 unspecified atom stereocenters. The molecule has 2 heterocycles. The molecule has 0 aliphatic carbocycles. The lowest BCUT2D eigenvalue weighted by atomic mass is 9.97. The molecule has 1 aliphatic rings. The zero-order valence-corrected chi connectivity index (χ0v) is 18.4. The van der Waals surface area contributed by atoms with Gasteiger partial charge in [0.15, 0.2) is 0 Å². The van der Waals surface area contributed by atoms with Crippen molar-refractivity contribution < 1.29 is 19.1 Å². The number of hydrogen-bond acceptors (Lipinski definition) is 5. The van der Waals surface area contributed by atoms with Gasteiger partial charge in [-0.3, -0.25) is 9.78 Å². The number of nitrogens with one attached hydrogen (secondary N) is 1. The van der Waals surface area contributed by atoms with Crippen molar-refractivity contribution in [3.05, 3.63) is 83.7 Å². The Labute approximate surface area is 187 Å². The van der Waals surface area contributed by atoms with Gasteiger partial charge in [-0.2, -0.15) is 0 Å². The van der Waals surface area contributed by atoms with Crippen molar-refractivity contribution in [2.45, 2.75) is 45.4 Å². The lowest BCUT2D eigenvalue weighted by Gasteiger charge is -2.25. The smallest absolute Gasteiger partial charge is 0.329 e. The number of carbonyl (C=O) groups excluding carboxylic acids is 2. The van der Waals surface area contributed by atoms with Gasteiger partial charge in [-0.1, -0.05) is 30.3 Å². The first-order valence-electron chi connectivity index (χ1n) is 10.6. The van der Waals surface area contributed by atoms with Crippen LogP contribution in [-0.4, -0.2) is 28.5 Å². The first-order valence-corrected chi connectivity index (χ1v) is 10.6. The zero-order valence-electron chi connectivity index (χ0n) is 18.4. The monoisotopic (exact) mass is 430 g/mol. The minimum absolute atomic E-state index is 0.337. The minimum atomic E-state index is -0.812. The Morgan fingerprint density at radius 1 is 1.09 bits per heavy atom. The molecule has 0 bridgehead atoms. The summed E-state index contributed by atoms with van der Waals surface area (Å²) in [5.41, 5.74) is 3.66. The summed E-state index contributed by atoms with van der Waals surface area (Å²) in [4.78, 5) is 30.0. The summed E-state index contributed by atoms with van der Waals surface area (Å²) in [6.45, 7) is 5.82. The Balaban J connectivity index is 1.56. The molecule has 0 spiro atoms. The van der Waals surface area contributed by atoms with Crippen molar-refractivity contribution in [1.29, 1.82) is 0 Å². The second kappa shape index (κ2) is 8.83. The fraction of sp³-hybridized carbons (Fsp3) is 0.269. The van der Waals surface area contributed by atoms with E-state index in [4.69, 9.17) is 9.47 Å². The van der Waals surface area contributed by atoms with Crippen LogP contribution in [0.25, 0.3) is 11.1 Å². The number of ether oxygens (including phenoxy) is 2. The highest BCUT2D eigenvalue weighted by Crippen LogP contribution is 2.37. The maximum Gasteiger partial charge on any atom is 0.329 e. The number of carbonyl (C=O) groups is 2. The summed E-state index contributed by atoms with van der Waals surface area (Å²) in [6, 6.07) is 16.0. The average molecular weight is 431 g/mol. The van der Waals surface area contributed by atoms with Gasteiger partial charge in [-0.25, -0.2) is 4.79 Å². The molecule has 0 saturated heterocycles. The van der Waals surface area contributed by atoms with E-state index in [1.54, 1.807) is 45.3 Å². The van der Waals surface area contributed by atoms with Gasteiger partial charge in [0.05, 0.1) is 0 Å². The van der Waals surface area contributed by atoms with Crippen molar-refractivity contribution >= 4 is 11.9 Å². The first-order chi connectivity index (χ1) is 15.3. The SMILES string of the molecule is CC(C)(C)OC(=O)[C@H](Cc1ccccc1)NC(=O)c1ccc2c(c1)OCc1cnccc1-2. The third-order valence-corrected chi connectivity index (χ3v) is 5.10. The standard InChI is InChI=1S/C26H26N2O4/c1-26(2,3)32-25(30)22(13-17-7-5-4-6-8-17)28-24(29)18-9-10-21-20-11-12-27-15-19(20)16-31-23(21)14-18/h4-12,14-15,22H,13,16H2,1-3H3,(H,28,29)/t22-/m0/s1. The summed E-state index contributed by atoms with van der Waals surface area (Å²) in [7, 11) is 0. The molecule has 0 fully saturated rings. The second-order valence-electron chi connectivity index (χ2n) is 8.78. The van der Waals surface area contributed by atoms with Crippen molar-refractivity contribution in [3.8, 4) is 16.9 Å². The van der Waals surface area contributed by atoms with E-state index in [0.717, 1.165) is 22.3 Å². The predicted molar refractivity (Wildman–Crippen MR) is 121 cm³/mol. The number of esters is 1. The molecule has 4 rings (SSSR count). The van der Waals surface area contributed by atoms with Gasteiger partial charge >= 0.3 is 5.97 Å². The molecule has 0 saturated carbocycles. The van der Waals surface area contributed by atoms with Gasteiger partial charge in [0.25, 0.3) is 5.91 Å². The molecule has 6 heteroatoms. The van der Waals surface area contributed by atoms with E-state index in [1.807, 2.05) is 42.5 Å².